The normalized spacial score (nSPS) is 13.1. The summed E-state index contributed by atoms with van der Waals surface area (Å²) in [6.07, 6.45) is 1.28. The van der Waals surface area contributed by atoms with E-state index in [2.05, 4.69) is 5.32 Å². The molecule has 1 aliphatic rings. The highest BCUT2D eigenvalue weighted by molar-refractivity contribution is 6.42. The van der Waals surface area contributed by atoms with E-state index in [9.17, 15) is 9.59 Å². The predicted octanol–water partition coefficient (Wildman–Crippen LogP) is 4.21. The number of amides is 2. The van der Waals surface area contributed by atoms with Crippen LogP contribution in [-0.2, 0) is 22.6 Å². The Morgan fingerprint density at radius 2 is 1.80 bits per heavy atom. The number of likely N-dealkylation sites (N-methyl/N-ethyl adjacent to an activating group) is 1. The van der Waals surface area contributed by atoms with Crippen LogP contribution in [0.5, 0.6) is 11.5 Å². The van der Waals surface area contributed by atoms with Gasteiger partial charge in [0, 0.05) is 20.0 Å². The van der Waals surface area contributed by atoms with Crippen molar-refractivity contribution in [2.45, 2.75) is 38.8 Å². The van der Waals surface area contributed by atoms with Gasteiger partial charge in [-0.3, -0.25) is 9.59 Å². The second-order valence-electron chi connectivity index (χ2n) is 7.00. The van der Waals surface area contributed by atoms with Crippen LogP contribution in [0.1, 0.15) is 30.9 Å². The molecule has 2 amide bonds. The number of ether oxygens (including phenoxy) is 2. The molecule has 3 rings (SSSR count). The van der Waals surface area contributed by atoms with Crippen LogP contribution in [0.25, 0.3) is 0 Å². The van der Waals surface area contributed by atoms with Crippen molar-refractivity contribution >= 4 is 35.0 Å². The first kappa shape index (κ1) is 22.2. The van der Waals surface area contributed by atoms with Gasteiger partial charge in [-0.15, -0.1) is 0 Å². The Balaban J connectivity index is 1.76. The highest BCUT2D eigenvalue weighted by Crippen LogP contribution is 2.33. The fourth-order valence-electron chi connectivity index (χ4n) is 3.41. The number of nitrogens with zero attached hydrogens (tertiary/aromatic N) is 1. The number of aryl methyl sites for hydroxylation is 1. The molecular weight excluding hydrogens is 427 g/mol. The second kappa shape index (κ2) is 10.0. The van der Waals surface area contributed by atoms with E-state index in [0.29, 0.717) is 34.4 Å². The van der Waals surface area contributed by atoms with Crippen molar-refractivity contribution in [1.29, 1.82) is 0 Å². The average molecular weight is 451 g/mol. The molecule has 0 bridgehead atoms. The van der Waals surface area contributed by atoms with E-state index in [-0.39, 0.29) is 31.6 Å². The van der Waals surface area contributed by atoms with Gasteiger partial charge in [0.2, 0.25) is 18.6 Å². The minimum absolute atomic E-state index is 0.116. The number of halogens is 2. The lowest BCUT2D eigenvalue weighted by Gasteiger charge is -2.30. The Bertz CT molecular complexity index is 935. The number of carbonyl (C=O) groups excluding carboxylic acids is 2. The van der Waals surface area contributed by atoms with Crippen LogP contribution in [0.15, 0.2) is 36.4 Å². The van der Waals surface area contributed by atoms with Crippen LogP contribution in [0.2, 0.25) is 10.0 Å². The van der Waals surface area contributed by atoms with Crippen molar-refractivity contribution < 1.29 is 19.1 Å². The molecule has 160 valence electrons. The number of fused-ring (bicyclic) bond motifs is 1. The highest BCUT2D eigenvalue weighted by atomic mass is 35.5. The maximum Gasteiger partial charge on any atom is 0.242 e. The van der Waals surface area contributed by atoms with E-state index in [1.807, 2.05) is 31.2 Å². The van der Waals surface area contributed by atoms with Crippen LogP contribution in [0, 0.1) is 0 Å². The van der Waals surface area contributed by atoms with Crippen LogP contribution in [0.3, 0.4) is 0 Å². The van der Waals surface area contributed by atoms with Gasteiger partial charge < -0.3 is 19.7 Å². The maximum atomic E-state index is 13.2. The highest BCUT2D eigenvalue weighted by Gasteiger charge is 2.28. The molecule has 1 N–H and O–H groups in total. The van der Waals surface area contributed by atoms with E-state index >= 15 is 0 Å². The zero-order valence-electron chi connectivity index (χ0n) is 16.9. The van der Waals surface area contributed by atoms with Crippen LogP contribution < -0.4 is 14.8 Å². The molecule has 0 spiro atoms. The average Bonchev–Trinajstić information content (AvgIpc) is 3.22. The second-order valence-corrected chi connectivity index (χ2v) is 7.81. The summed E-state index contributed by atoms with van der Waals surface area (Å²) in [7, 11) is 1.57. The quantitative estimate of drug-likeness (QED) is 0.653. The summed E-state index contributed by atoms with van der Waals surface area (Å²) in [5.74, 6) is 1.07. The zero-order chi connectivity index (χ0) is 21.7. The Hall–Kier alpha value is -2.44. The standard InChI is InChI=1S/C22H24Cl2N2O4/c1-3-18(22(28)25-2)26(12-15-4-7-16(23)17(24)10-15)21(27)9-6-14-5-8-19-20(11-14)30-13-29-19/h4-5,7-8,10-11,18H,3,6,9,12-13H2,1-2H3,(H,25,28)/t18-/m0/s1. The smallest absolute Gasteiger partial charge is 0.242 e. The third-order valence-electron chi connectivity index (χ3n) is 5.03. The first-order chi connectivity index (χ1) is 14.4. The molecule has 1 atom stereocenters. The maximum absolute atomic E-state index is 13.2. The molecule has 30 heavy (non-hydrogen) atoms. The van der Waals surface area contributed by atoms with E-state index in [1.165, 1.54) is 0 Å². The molecule has 2 aromatic rings. The van der Waals surface area contributed by atoms with Gasteiger partial charge in [0.25, 0.3) is 0 Å². The fourth-order valence-corrected chi connectivity index (χ4v) is 3.73. The van der Waals surface area contributed by atoms with Gasteiger partial charge in [0.05, 0.1) is 10.0 Å². The van der Waals surface area contributed by atoms with Gasteiger partial charge in [-0.1, -0.05) is 42.3 Å². The van der Waals surface area contributed by atoms with Crippen molar-refractivity contribution in [3.63, 3.8) is 0 Å². The summed E-state index contributed by atoms with van der Waals surface area (Å²) in [4.78, 5) is 27.2. The van der Waals surface area contributed by atoms with E-state index in [1.54, 1.807) is 24.1 Å². The number of carbonyl (C=O) groups is 2. The molecule has 0 radical (unpaired) electrons. The first-order valence-electron chi connectivity index (χ1n) is 9.76. The summed E-state index contributed by atoms with van der Waals surface area (Å²) >= 11 is 12.1. The molecule has 0 aliphatic carbocycles. The van der Waals surface area contributed by atoms with Crippen LogP contribution >= 0.6 is 23.2 Å². The van der Waals surface area contributed by atoms with Crippen LogP contribution in [0.4, 0.5) is 0 Å². The predicted molar refractivity (Wildman–Crippen MR) is 116 cm³/mol. The third kappa shape index (κ3) is 5.18. The van der Waals surface area contributed by atoms with Crippen molar-refractivity contribution in [3.05, 3.63) is 57.6 Å². The molecule has 6 nitrogen and oxygen atoms in total. The molecule has 0 unspecified atom stereocenters. The number of rotatable bonds is 8. The number of hydrogen-bond acceptors (Lipinski definition) is 4. The van der Waals surface area contributed by atoms with Crippen molar-refractivity contribution in [2.75, 3.05) is 13.8 Å². The molecular formula is C22H24Cl2N2O4. The summed E-state index contributed by atoms with van der Waals surface area (Å²) in [5, 5.41) is 3.51. The van der Waals surface area contributed by atoms with Crippen LogP contribution in [-0.4, -0.2) is 36.6 Å². The van der Waals surface area contributed by atoms with Crippen molar-refractivity contribution in [2.24, 2.45) is 0 Å². The molecule has 8 heteroatoms. The van der Waals surface area contributed by atoms with Crippen molar-refractivity contribution in [3.8, 4) is 11.5 Å². The molecule has 2 aromatic carbocycles. The molecule has 1 aliphatic heterocycles. The van der Waals surface area contributed by atoms with Gasteiger partial charge in [-0.2, -0.15) is 0 Å². The topological polar surface area (TPSA) is 67.9 Å². The van der Waals surface area contributed by atoms with Gasteiger partial charge >= 0.3 is 0 Å². The molecule has 1 heterocycles. The Morgan fingerprint density at radius 1 is 1.07 bits per heavy atom. The minimum Gasteiger partial charge on any atom is -0.454 e. The summed E-state index contributed by atoms with van der Waals surface area (Å²) in [6.45, 7) is 2.36. The van der Waals surface area contributed by atoms with Gasteiger partial charge in [-0.25, -0.2) is 0 Å². The van der Waals surface area contributed by atoms with Crippen molar-refractivity contribution in [1.82, 2.24) is 10.2 Å². The summed E-state index contributed by atoms with van der Waals surface area (Å²) < 4.78 is 10.7. The SMILES string of the molecule is CC[C@@H](C(=O)NC)N(Cc1ccc(Cl)c(Cl)c1)C(=O)CCc1ccc2c(c1)OCO2. The third-order valence-corrected chi connectivity index (χ3v) is 5.77. The number of hydrogen-bond donors (Lipinski definition) is 1. The zero-order valence-corrected chi connectivity index (χ0v) is 18.4. The van der Waals surface area contributed by atoms with Gasteiger partial charge in [0.15, 0.2) is 11.5 Å². The number of benzene rings is 2. The fraction of sp³-hybridized carbons (Fsp3) is 0.364. The van der Waals surface area contributed by atoms with E-state index in [0.717, 1.165) is 11.1 Å². The Labute approximate surface area is 186 Å². The summed E-state index contributed by atoms with van der Waals surface area (Å²) in [5.41, 5.74) is 1.78. The number of nitrogens with one attached hydrogen (secondary N) is 1. The Kier molecular flexibility index (Phi) is 7.45. The van der Waals surface area contributed by atoms with E-state index in [4.69, 9.17) is 32.7 Å². The Morgan fingerprint density at radius 3 is 2.50 bits per heavy atom. The molecule has 0 saturated carbocycles. The molecule has 0 fully saturated rings. The minimum atomic E-state index is -0.575. The summed E-state index contributed by atoms with van der Waals surface area (Å²) in [6, 6.07) is 10.3. The lowest BCUT2D eigenvalue weighted by atomic mass is 10.1. The monoisotopic (exact) mass is 450 g/mol. The lowest BCUT2D eigenvalue weighted by Crippen LogP contribution is -2.48. The molecule has 0 aromatic heterocycles. The molecule has 0 saturated heterocycles. The lowest BCUT2D eigenvalue weighted by molar-refractivity contribution is -0.141. The van der Waals surface area contributed by atoms with Gasteiger partial charge in [-0.05, 0) is 48.2 Å². The van der Waals surface area contributed by atoms with E-state index < -0.39 is 6.04 Å². The van der Waals surface area contributed by atoms with Gasteiger partial charge in [0.1, 0.15) is 6.04 Å². The first-order valence-corrected chi connectivity index (χ1v) is 10.5. The largest absolute Gasteiger partial charge is 0.454 e.